The number of rotatable bonds is 1. The van der Waals surface area contributed by atoms with Gasteiger partial charge in [0.25, 0.3) is 0 Å². The molecule has 5 heteroatoms. The summed E-state index contributed by atoms with van der Waals surface area (Å²) in [6.07, 6.45) is 0. The van der Waals surface area contributed by atoms with Crippen LogP contribution in [0.2, 0.25) is 5.02 Å². The third-order valence-corrected chi connectivity index (χ3v) is 3.41. The minimum absolute atomic E-state index is 0.0801. The fourth-order valence-electron chi connectivity index (χ4n) is 2.18. The quantitative estimate of drug-likeness (QED) is 0.643. The maximum Gasteiger partial charge on any atom is 0.249 e. The molecule has 0 aliphatic carbocycles. The van der Waals surface area contributed by atoms with Crippen molar-refractivity contribution < 1.29 is 10.2 Å². The first-order chi connectivity index (χ1) is 9.56. The summed E-state index contributed by atoms with van der Waals surface area (Å²) in [6.45, 7) is 0. The van der Waals surface area contributed by atoms with E-state index in [4.69, 9.17) is 11.6 Å². The van der Waals surface area contributed by atoms with E-state index in [-0.39, 0.29) is 22.1 Å². The maximum atomic E-state index is 11.7. The zero-order valence-corrected chi connectivity index (χ0v) is 11.0. The number of benzene rings is 2. The molecule has 0 fully saturated rings. The highest BCUT2D eigenvalue weighted by Gasteiger charge is 2.12. The van der Waals surface area contributed by atoms with Gasteiger partial charge in [-0.25, -0.2) is 0 Å². The van der Waals surface area contributed by atoms with Crippen molar-refractivity contribution in [1.82, 2.24) is 4.98 Å². The Labute approximate surface area is 118 Å². The average molecular weight is 288 g/mol. The predicted octanol–water partition coefficient (Wildman–Crippen LogP) is 3.26. The summed E-state index contributed by atoms with van der Waals surface area (Å²) < 4.78 is 0. The molecule has 0 bridgehead atoms. The number of pyridine rings is 1. The van der Waals surface area contributed by atoms with Gasteiger partial charge in [-0.3, -0.25) is 4.79 Å². The van der Waals surface area contributed by atoms with Crippen molar-refractivity contribution in [1.29, 1.82) is 0 Å². The van der Waals surface area contributed by atoms with Gasteiger partial charge in [-0.15, -0.1) is 0 Å². The zero-order chi connectivity index (χ0) is 14.3. The SMILES string of the molecule is O=c1cc(-c2ccc(O)cc2)c2c(O)c(Cl)ccc2[nH]1. The molecule has 0 atom stereocenters. The smallest absolute Gasteiger partial charge is 0.249 e. The minimum Gasteiger partial charge on any atom is -0.508 e. The van der Waals surface area contributed by atoms with Crippen LogP contribution in [0.25, 0.3) is 22.0 Å². The Balaban J connectivity index is 2.42. The molecule has 0 aliphatic rings. The largest absolute Gasteiger partial charge is 0.508 e. The summed E-state index contributed by atoms with van der Waals surface area (Å²) >= 11 is 5.93. The molecule has 1 heterocycles. The molecule has 0 unspecified atom stereocenters. The van der Waals surface area contributed by atoms with E-state index in [1.165, 1.54) is 24.3 Å². The molecule has 100 valence electrons. The lowest BCUT2D eigenvalue weighted by atomic mass is 10.0. The molecular weight excluding hydrogens is 278 g/mol. The van der Waals surface area contributed by atoms with Crippen LogP contribution in [0, 0.1) is 0 Å². The number of hydrogen-bond acceptors (Lipinski definition) is 3. The van der Waals surface area contributed by atoms with Gasteiger partial charge < -0.3 is 15.2 Å². The van der Waals surface area contributed by atoms with Gasteiger partial charge in [0.05, 0.1) is 10.5 Å². The number of fused-ring (bicyclic) bond motifs is 1. The lowest BCUT2D eigenvalue weighted by molar-refractivity contribution is 0.475. The summed E-state index contributed by atoms with van der Waals surface area (Å²) in [7, 11) is 0. The molecule has 0 saturated carbocycles. The topological polar surface area (TPSA) is 73.3 Å². The molecule has 1 aromatic heterocycles. The molecule has 2 aromatic carbocycles. The summed E-state index contributed by atoms with van der Waals surface area (Å²) in [5.41, 5.74) is 1.49. The molecule has 4 nitrogen and oxygen atoms in total. The summed E-state index contributed by atoms with van der Waals surface area (Å²) in [5, 5.41) is 20.2. The molecule has 3 N–H and O–H groups in total. The molecule has 3 rings (SSSR count). The van der Waals surface area contributed by atoms with Crippen molar-refractivity contribution >= 4 is 22.5 Å². The maximum absolute atomic E-state index is 11.7. The van der Waals surface area contributed by atoms with Crippen LogP contribution in [0.15, 0.2) is 47.3 Å². The third-order valence-electron chi connectivity index (χ3n) is 3.11. The lowest BCUT2D eigenvalue weighted by Crippen LogP contribution is -2.04. The van der Waals surface area contributed by atoms with Crippen LogP contribution in [0.3, 0.4) is 0 Å². The van der Waals surface area contributed by atoms with E-state index in [0.29, 0.717) is 22.0 Å². The fraction of sp³-hybridized carbons (Fsp3) is 0. The highest BCUT2D eigenvalue weighted by atomic mass is 35.5. The highest BCUT2D eigenvalue weighted by molar-refractivity contribution is 6.33. The second-order valence-electron chi connectivity index (χ2n) is 4.41. The van der Waals surface area contributed by atoms with Gasteiger partial charge in [0.15, 0.2) is 0 Å². The van der Waals surface area contributed by atoms with Gasteiger partial charge >= 0.3 is 0 Å². The Kier molecular flexibility index (Phi) is 2.88. The van der Waals surface area contributed by atoms with Crippen LogP contribution in [0.5, 0.6) is 11.5 Å². The molecule has 0 amide bonds. The molecule has 20 heavy (non-hydrogen) atoms. The number of aromatic nitrogens is 1. The lowest BCUT2D eigenvalue weighted by Gasteiger charge is -2.09. The number of aromatic hydroxyl groups is 2. The van der Waals surface area contributed by atoms with Crippen molar-refractivity contribution in [3.63, 3.8) is 0 Å². The second kappa shape index (κ2) is 4.58. The van der Waals surface area contributed by atoms with Gasteiger partial charge in [-0.2, -0.15) is 0 Å². The van der Waals surface area contributed by atoms with E-state index in [1.807, 2.05) is 0 Å². The molecule has 0 saturated heterocycles. The zero-order valence-electron chi connectivity index (χ0n) is 10.2. The molecule has 0 radical (unpaired) electrons. The van der Waals surface area contributed by atoms with E-state index in [2.05, 4.69) is 4.98 Å². The van der Waals surface area contributed by atoms with E-state index in [9.17, 15) is 15.0 Å². The Morgan fingerprint density at radius 2 is 1.70 bits per heavy atom. The van der Waals surface area contributed by atoms with Gasteiger partial charge in [0.2, 0.25) is 5.56 Å². The molecular formula is C15H10ClNO3. The van der Waals surface area contributed by atoms with E-state index in [1.54, 1.807) is 18.2 Å². The monoisotopic (exact) mass is 287 g/mol. The summed E-state index contributed by atoms with van der Waals surface area (Å²) in [6, 6.07) is 10.9. The van der Waals surface area contributed by atoms with E-state index < -0.39 is 0 Å². The number of phenols is 2. The predicted molar refractivity (Wildman–Crippen MR) is 78.3 cm³/mol. The van der Waals surface area contributed by atoms with Crippen LogP contribution >= 0.6 is 11.6 Å². The van der Waals surface area contributed by atoms with Gasteiger partial charge in [0, 0.05) is 17.0 Å². The number of aromatic amines is 1. The van der Waals surface area contributed by atoms with Crippen molar-refractivity contribution in [3.05, 3.63) is 57.8 Å². The fourth-order valence-corrected chi connectivity index (χ4v) is 2.34. The van der Waals surface area contributed by atoms with E-state index >= 15 is 0 Å². The summed E-state index contributed by atoms with van der Waals surface area (Å²) in [4.78, 5) is 14.4. The van der Waals surface area contributed by atoms with Crippen LogP contribution < -0.4 is 5.56 Å². The van der Waals surface area contributed by atoms with Gasteiger partial charge in [-0.05, 0) is 29.8 Å². The summed E-state index contributed by atoms with van der Waals surface area (Å²) in [5.74, 6) is 0.0497. The first-order valence-electron chi connectivity index (χ1n) is 5.90. The normalized spacial score (nSPS) is 10.8. The first-order valence-corrected chi connectivity index (χ1v) is 6.28. The second-order valence-corrected chi connectivity index (χ2v) is 4.82. The number of phenolic OH excluding ortho intramolecular Hbond substituents is 2. The number of nitrogens with one attached hydrogen (secondary N) is 1. The van der Waals surface area contributed by atoms with Crippen LogP contribution in [-0.4, -0.2) is 15.2 Å². The van der Waals surface area contributed by atoms with Crippen molar-refractivity contribution in [2.75, 3.05) is 0 Å². The first kappa shape index (κ1) is 12.6. The Morgan fingerprint density at radius 3 is 2.40 bits per heavy atom. The molecule has 0 aliphatic heterocycles. The number of halogens is 1. The molecule has 3 aromatic rings. The van der Waals surface area contributed by atoms with Gasteiger partial charge in [-0.1, -0.05) is 23.7 Å². The van der Waals surface area contributed by atoms with Gasteiger partial charge in [0.1, 0.15) is 11.5 Å². The third kappa shape index (κ3) is 2.00. The minimum atomic E-state index is -0.276. The van der Waals surface area contributed by atoms with E-state index in [0.717, 1.165) is 0 Å². The number of H-pyrrole nitrogens is 1. The Morgan fingerprint density at radius 1 is 1.00 bits per heavy atom. The van der Waals surface area contributed by atoms with Crippen molar-refractivity contribution in [3.8, 4) is 22.6 Å². The Bertz CT molecular complexity index is 853. The highest BCUT2D eigenvalue weighted by Crippen LogP contribution is 2.37. The van der Waals surface area contributed by atoms with Crippen LogP contribution in [0.1, 0.15) is 0 Å². The Hall–Kier alpha value is -2.46. The standard InChI is InChI=1S/C15H10ClNO3/c16-11-5-6-12-14(15(11)20)10(7-13(19)17-12)8-1-3-9(18)4-2-8/h1-7,18,20H,(H,17,19). The molecule has 0 spiro atoms. The number of hydrogen-bond donors (Lipinski definition) is 3. The van der Waals surface area contributed by atoms with Crippen LogP contribution in [-0.2, 0) is 0 Å². The van der Waals surface area contributed by atoms with Crippen molar-refractivity contribution in [2.24, 2.45) is 0 Å². The van der Waals surface area contributed by atoms with Crippen LogP contribution in [0.4, 0.5) is 0 Å². The average Bonchev–Trinajstić information content (AvgIpc) is 2.43. The van der Waals surface area contributed by atoms with Crippen molar-refractivity contribution in [2.45, 2.75) is 0 Å².